The maximum atomic E-state index is 11.8. The zero-order valence-electron chi connectivity index (χ0n) is 10.7. The number of nitrogen functional groups attached to an aromatic ring is 1. The van der Waals surface area contributed by atoms with Gasteiger partial charge in [0, 0.05) is 15.8 Å². The Morgan fingerprint density at radius 2 is 1.62 bits per heavy atom. The summed E-state index contributed by atoms with van der Waals surface area (Å²) in [5, 5.41) is 5.17. The second-order valence-electron chi connectivity index (χ2n) is 4.15. The number of nitrogens with one attached hydrogen (secondary N) is 2. The summed E-state index contributed by atoms with van der Waals surface area (Å²) in [4.78, 5) is 23.6. The Morgan fingerprint density at radius 1 is 1.00 bits per heavy atom. The van der Waals surface area contributed by atoms with Crippen LogP contribution >= 0.6 is 27.5 Å². The molecule has 2 rings (SSSR count). The number of nitrogens with two attached hydrogens (primary N) is 1. The summed E-state index contributed by atoms with van der Waals surface area (Å²) < 4.78 is 0.874. The zero-order valence-corrected chi connectivity index (χ0v) is 13.0. The van der Waals surface area contributed by atoms with Crippen molar-refractivity contribution in [3.8, 4) is 0 Å². The highest BCUT2D eigenvalue weighted by atomic mass is 79.9. The van der Waals surface area contributed by atoms with Crippen LogP contribution in [0.3, 0.4) is 0 Å². The Kier molecular flexibility index (Phi) is 4.82. The van der Waals surface area contributed by atoms with E-state index in [1.54, 1.807) is 30.3 Å². The maximum Gasteiger partial charge on any atom is 0.314 e. The molecule has 5 nitrogen and oxygen atoms in total. The Hall–Kier alpha value is -2.05. The minimum absolute atomic E-state index is 0.264. The van der Waals surface area contributed by atoms with Crippen molar-refractivity contribution in [3.63, 3.8) is 0 Å². The van der Waals surface area contributed by atoms with Crippen LogP contribution in [0.1, 0.15) is 0 Å². The van der Waals surface area contributed by atoms with Crippen LogP contribution in [0.25, 0.3) is 0 Å². The average Bonchev–Trinajstić information content (AvgIpc) is 2.44. The molecule has 0 aliphatic rings. The first-order valence-electron chi connectivity index (χ1n) is 5.88. The maximum absolute atomic E-state index is 11.8. The molecule has 4 N–H and O–H groups in total. The summed E-state index contributed by atoms with van der Waals surface area (Å²) in [6, 6.07) is 11.5. The van der Waals surface area contributed by atoms with E-state index < -0.39 is 11.8 Å². The molecule has 0 heterocycles. The summed E-state index contributed by atoms with van der Waals surface area (Å²) in [5.74, 6) is -1.60. The summed E-state index contributed by atoms with van der Waals surface area (Å²) >= 11 is 9.21. The van der Waals surface area contributed by atoms with Crippen molar-refractivity contribution in [3.05, 3.63) is 52.0 Å². The molecule has 21 heavy (non-hydrogen) atoms. The SMILES string of the molecule is Nc1ccc(NC(=O)C(=O)Nc2ccc(Br)cc2)c(Cl)c1. The van der Waals surface area contributed by atoms with Gasteiger partial charge in [-0.1, -0.05) is 27.5 Å². The molecule has 0 unspecified atom stereocenters. The molecule has 0 atom stereocenters. The van der Waals surface area contributed by atoms with Gasteiger partial charge in [0.2, 0.25) is 0 Å². The van der Waals surface area contributed by atoms with Gasteiger partial charge in [-0.3, -0.25) is 9.59 Å². The fourth-order valence-electron chi connectivity index (χ4n) is 1.53. The Morgan fingerprint density at radius 3 is 2.24 bits per heavy atom. The number of hydrogen-bond donors (Lipinski definition) is 3. The van der Waals surface area contributed by atoms with E-state index in [0.717, 1.165) is 4.47 Å². The number of halogens is 2. The third kappa shape index (κ3) is 4.21. The highest BCUT2D eigenvalue weighted by molar-refractivity contribution is 9.10. The van der Waals surface area contributed by atoms with Crippen molar-refractivity contribution in [2.75, 3.05) is 16.4 Å². The van der Waals surface area contributed by atoms with Crippen LogP contribution < -0.4 is 16.4 Å². The first kappa shape index (κ1) is 15.3. The van der Waals surface area contributed by atoms with Gasteiger partial charge in [-0.05, 0) is 42.5 Å². The highest BCUT2D eigenvalue weighted by Crippen LogP contribution is 2.24. The standard InChI is InChI=1S/C14H11BrClN3O2/c15-8-1-4-10(5-2-8)18-13(20)14(21)19-12-6-3-9(17)7-11(12)16/h1-7H,17H2,(H,18,20)(H,19,21). The second kappa shape index (κ2) is 6.60. The third-order valence-electron chi connectivity index (χ3n) is 2.55. The lowest BCUT2D eigenvalue weighted by atomic mass is 10.3. The van der Waals surface area contributed by atoms with Crippen molar-refractivity contribution in [2.45, 2.75) is 0 Å². The van der Waals surface area contributed by atoms with E-state index >= 15 is 0 Å². The van der Waals surface area contributed by atoms with Gasteiger partial charge >= 0.3 is 11.8 Å². The minimum Gasteiger partial charge on any atom is -0.399 e. The van der Waals surface area contributed by atoms with Gasteiger partial charge in [0.05, 0.1) is 10.7 Å². The molecule has 0 spiro atoms. The lowest BCUT2D eigenvalue weighted by Crippen LogP contribution is -2.29. The first-order valence-corrected chi connectivity index (χ1v) is 7.06. The smallest absolute Gasteiger partial charge is 0.314 e. The molecule has 0 fully saturated rings. The molecule has 0 aliphatic carbocycles. The van der Waals surface area contributed by atoms with Crippen LogP contribution in [-0.2, 0) is 9.59 Å². The molecule has 108 valence electrons. The number of carbonyl (C=O) groups is 2. The molecule has 0 saturated carbocycles. The van der Waals surface area contributed by atoms with Crippen LogP contribution in [0.4, 0.5) is 17.1 Å². The molecular weight excluding hydrogens is 358 g/mol. The van der Waals surface area contributed by atoms with E-state index in [-0.39, 0.29) is 5.02 Å². The summed E-state index contributed by atoms with van der Waals surface area (Å²) in [6.07, 6.45) is 0. The van der Waals surface area contributed by atoms with Gasteiger partial charge in [0.1, 0.15) is 0 Å². The molecular formula is C14H11BrClN3O2. The minimum atomic E-state index is -0.815. The number of carbonyl (C=O) groups excluding carboxylic acids is 2. The predicted octanol–water partition coefficient (Wildman–Crippen LogP) is 3.26. The Bertz CT molecular complexity index is 689. The zero-order chi connectivity index (χ0) is 15.4. The van der Waals surface area contributed by atoms with Crippen LogP contribution in [0.5, 0.6) is 0 Å². The molecule has 0 aliphatic heterocycles. The van der Waals surface area contributed by atoms with Crippen LogP contribution in [-0.4, -0.2) is 11.8 Å². The lowest BCUT2D eigenvalue weighted by molar-refractivity contribution is -0.132. The molecule has 7 heteroatoms. The fraction of sp³-hybridized carbons (Fsp3) is 0. The number of anilines is 3. The van der Waals surface area contributed by atoms with Gasteiger partial charge in [-0.2, -0.15) is 0 Å². The summed E-state index contributed by atoms with van der Waals surface area (Å²) in [6.45, 7) is 0. The molecule has 0 saturated heterocycles. The Labute approximate surface area is 134 Å². The van der Waals surface area contributed by atoms with Crippen molar-refractivity contribution >= 4 is 56.4 Å². The second-order valence-corrected chi connectivity index (χ2v) is 5.48. The lowest BCUT2D eigenvalue weighted by Gasteiger charge is -2.08. The molecule has 2 aromatic carbocycles. The van der Waals surface area contributed by atoms with Gasteiger partial charge in [0.15, 0.2) is 0 Å². The van der Waals surface area contributed by atoms with E-state index in [0.29, 0.717) is 17.1 Å². The van der Waals surface area contributed by atoms with Gasteiger partial charge in [-0.15, -0.1) is 0 Å². The number of rotatable bonds is 2. The van der Waals surface area contributed by atoms with Crippen molar-refractivity contribution in [1.29, 1.82) is 0 Å². The van der Waals surface area contributed by atoms with E-state index in [9.17, 15) is 9.59 Å². The van der Waals surface area contributed by atoms with Crippen LogP contribution in [0.15, 0.2) is 46.9 Å². The van der Waals surface area contributed by atoms with Crippen molar-refractivity contribution in [2.24, 2.45) is 0 Å². The summed E-state index contributed by atoms with van der Waals surface area (Å²) in [5.41, 5.74) is 6.86. The highest BCUT2D eigenvalue weighted by Gasteiger charge is 2.15. The molecule has 2 amide bonds. The normalized spacial score (nSPS) is 10.0. The van der Waals surface area contributed by atoms with Crippen molar-refractivity contribution in [1.82, 2.24) is 0 Å². The predicted molar refractivity (Wildman–Crippen MR) is 87.3 cm³/mol. The van der Waals surface area contributed by atoms with Gasteiger partial charge in [-0.25, -0.2) is 0 Å². The van der Waals surface area contributed by atoms with Crippen LogP contribution in [0, 0.1) is 0 Å². The van der Waals surface area contributed by atoms with E-state index in [2.05, 4.69) is 26.6 Å². The van der Waals surface area contributed by atoms with Crippen molar-refractivity contribution < 1.29 is 9.59 Å². The monoisotopic (exact) mass is 367 g/mol. The first-order chi connectivity index (χ1) is 9.95. The molecule has 0 bridgehead atoms. The average molecular weight is 369 g/mol. The topological polar surface area (TPSA) is 84.2 Å². The largest absolute Gasteiger partial charge is 0.399 e. The molecule has 2 aromatic rings. The Balaban J connectivity index is 2.02. The molecule has 0 radical (unpaired) electrons. The van der Waals surface area contributed by atoms with E-state index in [1.807, 2.05) is 0 Å². The quantitative estimate of drug-likeness (QED) is 0.562. The van der Waals surface area contributed by atoms with E-state index in [4.69, 9.17) is 17.3 Å². The fourth-order valence-corrected chi connectivity index (χ4v) is 2.03. The number of benzene rings is 2. The van der Waals surface area contributed by atoms with Gasteiger partial charge in [0.25, 0.3) is 0 Å². The number of hydrogen-bond acceptors (Lipinski definition) is 3. The van der Waals surface area contributed by atoms with Crippen LogP contribution in [0.2, 0.25) is 5.02 Å². The van der Waals surface area contributed by atoms with E-state index in [1.165, 1.54) is 12.1 Å². The summed E-state index contributed by atoms with van der Waals surface area (Å²) in [7, 11) is 0. The third-order valence-corrected chi connectivity index (χ3v) is 3.39. The number of amides is 2. The molecule has 0 aromatic heterocycles. The van der Waals surface area contributed by atoms with Gasteiger partial charge < -0.3 is 16.4 Å².